The lowest BCUT2D eigenvalue weighted by Gasteiger charge is -2.14. The fourth-order valence-corrected chi connectivity index (χ4v) is 3.68. The summed E-state index contributed by atoms with van der Waals surface area (Å²) in [5.41, 5.74) is 23.1. The zero-order valence-corrected chi connectivity index (χ0v) is 17.8. The van der Waals surface area contributed by atoms with Crippen LogP contribution in [0.25, 0.3) is 22.3 Å². The molecule has 9 heteroatoms. The first-order valence-electron chi connectivity index (χ1n) is 10.0. The van der Waals surface area contributed by atoms with Crippen molar-refractivity contribution >= 4 is 22.4 Å². The summed E-state index contributed by atoms with van der Waals surface area (Å²) in [7, 11) is 0. The molecule has 5 rings (SSSR count). The van der Waals surface area contributed by atoms with Crippen LogP contribution in [0.4, 0.5) is 10.2 Å². The number of nitrogens with two attached hydrogens (primary N) is 2. The van der Waals surface area contributed by atoms with Gasteiger partial charge in [0.15, 0.2) is 17.4 Å². The number of ether oxygens (including phenoxy) is 1. The summed E-state index contributed by atoms with van der Waals surface area (Å²) in [6.07, 6.45) is 6.49. The van der Waals surface area contributed by atoms with E-state index in [0.29, 0.717) is 33.7 Å². The lowest BCUT2D eigenvalue weighted by Crippen LogP contribution is -2.04. The fourth-order valence-electron chi connectivity index (χ4n) is 3.68. The average Bonchev–Trinajstić information content (AvgIpc) is 3.09. The molecule has 0 radical (unpaired) electrons. The molecule has 4 aromatic rings. The van der Waals surface area contributed by atoms with Crippen molar-refractivity contribution < 1.29 is 9.13 Å². The number of aromatic nitrogens is 5. The highest BCUT2D eigenvalue weighted by Crippen LogP contribution is 2.36. The number of nitrogens with zero attached hydrogens (tertiary/aromatic N) is 5. The summed E-state index contributed by atoms with van der Waals surface area (Å²) in [5, 5.41) is 0. The van der Waals surface area contributed by atoms with E-state index in [9.17, 15) is 0 Å². The van der Waals surface area contributed by atoms with E-state index in [0.717, 1.165) is 11.3 Å². The van der Waals surface area contributed by atoms with Crippen molar-refractivity contribution in [3.63, 3.8) is 0 Å². The largest absolute Gasteiger partial charge is 0.421 e. The molecule has 1 aromatic carbocycles. The molecule has 33 heavy (non-hydrogen) atoms. The van der Waals surface area contributed by atoms with Gasteiger partial charge in [0.1, 0.15) is 11.8 Å². The molecule has 0 saturated carbocycles. The Labute approximate surface area is 188 Å². The topological polar surface area (TPSA) is 118 Å². The SMILES string of the molecule is Cc1ccnc(Oc2ccc(-n3c(C4=C=C=C(N)C=C4)c(C)c4ncnc(N)c43)cc2F)n1. The number of rotatable bonds is 4. The third-order valence-electron chi connectivity index (χ3n) is 5.18. The van der Waals surface area contributed by atoms with E-state index in [2.05, 4.69) is 31.4 Å². The smallest absolute Gasteiger partial charge is 0.322 e. The van der Waals surface area contributed by atoms with Crippen LogP contribution >= 0.6 is 0 Å². The van der Waals surface area contributed by atoms with Gasteiger partial charge in [0, 0.05) is 34.8 Å². The van der Waals surface area contributed by atoms with Crippen LogP contribution in [0, 0.1) is 19.7 Å². The maximum Gasteiger partial charge on any atom is 0.322 e. The van der Waals surface area contributed by atoms with Crippen molar-refractivity contribution in [1.82, 2.24) is 24.5 Å². The summed E-state index contributed by atoms with van der Waals surface area (Å²) in [6.45, 7) is 3.71. The monoisotopic (exact) mass is 439 g/mol. The average molecular weight is 439 g/mol. The predicted molar refractivity (Wildman–Crippen MR) is 122 cm³/mol. The fraction of sp³-hybridized carbons (Fsp3) is 0.0833. The Morgan fingerprint density at radius 3 is 2.61 bits per heavy atom. The van der Waals surface area contributed by atoms with E-state index in [1.807, 2.05) is 13.0 Å². The summed E-state index contributed by atoms with van der Waals surface area (Å²) < 4.78 is 22.5. The molecule has 0 spiro atoms. The van der Waals surface area contributed by atoms with Crippen LogP contribution in [-0.4, -0.2) is 24.5 Å². The van der Waals surface area contributed by atoms with Crippen molar-refractivity contribution in [1.29, 1.82) is 0 Å². The van der Waals surface area contributed by atoms with Gasteiger partial charge in [0.05, 0.1) is 16.9 Å². The van der Waals surface area contributed by atoms with Gasteiger partial charge in [-0.2, -0.15) is 0 Å². The maximum absolute atomic E-state index is 15.1. The van der Waals surface area contributed by atoms with E-state index in [1.165, 1.54) is 18.5 Å². The number of hydrogen-bond donors (Lipinski definition) is 2. The summed E-state index contributed by atoms with van der Waals surface area (Å²) in [5.74, 6) is -0.329. The van der Waals surface area contributed by atoms with E-state index in [1.54, 1.807) is 35.9 Å². The van der Waals surface area contributed by atoms with Crippen LogP contribution in [0.2, 0.25) is 0 Å². The number of fused-ring (bicyclic) bond motifs is 1. The zero-order valence-electron chi connectivity index (χ0n) is 17.8. The number of aryl methyl sites for hydroxylation is 2. The van der Waals surface area contributed by atoms with Gasteiger partial charge < -0.3 is 20.8 Å². The van der Waals surface area contributed by atoms with Gasteiger partial charge >= 0.3 is 6.01 Å². The molecule has 8 nitrogen and oxygen atoms in total. The Bertz CT molecular complexity index is 1570. The number of hydrogen-bond acceptors (Lipinski definition) is 7. The summed E-state index contributed by atoms with van der Waals surface area (Å²) in [4.78, 5) is 16.7. The molecule has 162 valence electrons. The van der Waals surface area contributed by atoms with E-state index in [-0.39, 0.29) is 17.6 Å². The zero-order chi connectivity index (χ0) is 23.1. The second kappa shape index (κ2) is 7.76. The van der Waals surface area contributed by atoms with Crippen LogP contribution in [0.5, 0.6) is 11.8 Å². The second-order valence-electron chi connectivity index (χ2n) is 7.41. The molecule has 0 amide bonds. The highest BCUT2D eigenvalue weighted by molar-refractivity contribution is 5.95. The Morgan fingerprint density at radius 1 is 1.03 bits per heavy atom. The van der Waals surface area contributed by atoms with Crippen molar-refractivity contribution in [3.05, 3.63) is 88.9 Å². The van der Waals surface area contributed by atoms with Gasteiger partial charge in [-0.15, -0.1) is 0 Å². The Morgan fingerprint density at radius 2 is 1.88 bits per heavy atom. The standard InChI is InChI=1S/C24H18FN7O/c1-13-9-10-28-24(31-13)33-19-8-7-17(11-18(19)25)32-21(15-3-5-16(26)6-4-15)14(2)20-22(32)23(27)30-12-29-20/h3,5,7-12H,26H2,1-2H3,(H2,27,29,30). The van der Waals surface area contributed by atoms with Crippen LogP contribution < -0.4 is 16.2 Å². The van der Waals surface area contributed by atoms with Gasteiger partial charge in [-0.05, 0) is 49.9 Å². The molecular weight excluding hydrogens is 421 g/mol. The van der Waals surface area contributed by atoms with Crippen LogP contribution in [-0.2, 0) is 0 Å². The number of anilines is 1. The molecule has 0 aliphatic heterocycles. The third kappa shape index (κ3) is 3.53. The van der Waals surface area contributed by atoms with Gasteiger partial charge in [-0.1, -0.05) is 5.73 Å². The highest BCUT2D eigenvalue weighted by Gasteiger charge is 2.22. The second-order valence-corrected chi connectivity index (χ2v) is 7.41. The minimum absolute atomic E-state index is 0.00399. The molecule has 3 aromatic heterocycles. The minimum atomic E-state index is -0.591. The predicted octanol–water partition coefficient (Wildman–Crippen LogP) is 3.89. The van der Waals surface area contributed by atoms with Crippen molar-refractivity contribution in [2.75, 3.05) is 5.73 Å². The molecule has 0 saturated heterocycles. The van der Waals surface area contributed by atoms with E-state index in [4.69, 9.17) is 16.2 Å². The van der Waals surface area contributed by atoms with E-state index < -0.39 is 5.82 Å². The first kappa shape index (κ1) is 20.2. The first-order chi connectivity index (χ1) is 15.9. The summed E-state index contributed by atoms with van der Waals surface area (Å²) in [6, 6.07) is 6.37. The lowest BCUT2D eigenvalue weighted by atomic mass is 10.1. The van der Waals surface area contributed by atoms with Crippen molar-refractivity contribution in [2.45, 2.75) is 13.8 Å². The van der Waals surface area contributed by atoms with Crippen molar-refractivity contribution in [3.8, 4) is 17.4 Å². The van der Waals surface area contributed by atoms with Gasteiger partial charge in [0.25, 0.3) is 0 Å². The molecule has 1 aliphatic rings. The molecule has 0 bridgehead atoms. The number of benzene rings is 1. The molecule has 0 unspecified atom stereocenters. The van der Waals surface area contributed by atoms with Crippen LogP contribution in [0.15, 0.2) is 66.1 Å². The normalized spacial score (nSPS) is 12.7. The molecular formula is C24H18FN7O. The third-order valence-corrected chi connectivity index (χ3v) is 5.18. The number of nitrogen functional groups attached to an aromatic ring is 1. The minimum Gasteiger partial charge on any atom is -0.421 e. The maximum atomic E-state index is 15.1. The van der Waals surface area contributed by atoms with Gasteiger partial charge in [-0.3, -0.25) is 0 Å². The number of allylic oxidation sites excluding steroid dienone is 3. The molecule has 0 fully saturated rings. The Hall–Kier alpha value is -4.71. The molecule has 0 atom stereocenters. The van der Waals surface area contributed by atoms with Crippen LogP contribution in [0.1, 0.15) is 17.0 Å². The molecule has 1 aliphatic carbocycles. The van der Waals surface area contributed by atoms with Gasteiger partial charge in [-0.25, -0.2) is 24.3 Å². The molecule has 4 N–H and O–H groups in total. The first-order valence-corrected chi connectivity index (χ1v) is 10.0. The molecule has 3 heterocycles. The van der Waals surface area contributed by atoms with Crippen LogP contribution in [0.3, 0.4) is 0 Å². The number of halogens is 1. The highest BCUT2D eigenvalue weighted by atomic mass is 19.1. The Kier molecular flexibility index (Phi) is 4.75. The van der Waals surface area contributed by atoms with Gasteiger partial charge in [0.2, 0.25) is 0 Å². The quantitative estimate of drug-likeness (QED) is 0.463. The van der Waals surface area contributed by atoms with Crippen molar-refractivity contribution in [2.24, 2.45) is 5.73 Å². The lowest BCUT2D eigenvalue weighted by molar-refractivity contribution is 0.410. The summed E-state index contributed by atoms with van der Waals surface area (Å²) >= 11 is 0. The Balaban J connectivity index is 1.70. The van der Waals surface area contributed by atoms with E-state index >= 15 is 4.39 Å².